The van der Waals surface area contributed by atoms with Gasteiger partial charge in [-0.1, -0.05) is 13.0 Å². The quantitative estimate of drug-likeness (QED) is 0.346. The molecule has 2 aromatic carbocycles. The molecule has 9 nitrogen and oxygen atoms in total. The van der Waals surface area contributed by atoms with Crippen LogP contribution in [0, 0.1) is 5.82 Å². The molecule has 2 amide bonds. The Balaban J connectivity index is 1.43. The van der Waals surface area contributed by atoms with E-state index in [4.69, 9.17) is 4.74 Å². The van der Waals surface area contributed by atoms with E-state index in [2.05, 4.69) is 27.0 Å². The number of halogens is 1. The molecule has 0 saturated carbocycles. The van der Waals surface area contributed by atoms with Gasteiger partial charge in [0.25, 0.3) is 11.8 Å². The lowest BCUT2D eigenvalue weighted by molar-refractivity contribution is 0.0720. The number of piperazine rings is 1. The molecule has 44 heavy (non-hydrogen) atoms. The van der Waals surface area contributed by atoms with Crippen molar-refractivity contribution in [2.45, 2.75) is 32.7 Å². The van der Waals surface area contributed by atoms with Gasteiger partial charge in [0.05, 0.1) is 23.4 Å². The molecule has 2 aliphatic rings. The van der Waals surface area contributed by atoms with Gasteiger partial charge in [0, 0.05) is 69.3 Å². The van der Waals surface area contributed by atoms with Gasteiger partial charge in [-0.2, -0.15) is 0 Å². The Morgan fingerprint density at radius 1 is 1.02 bits per heavy atom. The zero-order valence-electron chi connectivity index (χ0n) is 26.2. The Hall–Kier alpha value is -4.18. The fraction of sp³-hybridized carbons (Fsp3) is 0.441. The van der Waals surface area contributed by atoms with Crippen LogP contribution in [0.25, 0.3) is 11.1 Å². The molecule has 5 rings (SSSR count). The number of nitrogens with one attached hydrogen (secondary N) is 1. The summed E-state index contributed by atoms with van der Waals surface area (Å²) >= 11 is 0. The van der Waals surface area contributed by atoms with Crippen molar-refractivity contribution in [3.05, 3.63) is 71.7 Å². The van der Waals surface area contributed by atoms with Crippen molar-refractivity contribution in [1.29, 1.82) is 0 Å². The zero-order chi connectivity index (χ0) is 31.2. The van der Waals surface area contributed by atoms with Gasteiger partial charge in [0.15, 0.2) is 0 Å². The van der Waals surface area contributed by atoms with Crippen molar-refractivity contribution < 1.29 is 18.7 Å². The van der Waals surface area contributed by atoms with Gasteiger partial charge in [-0.05, 0) is 81.9 Å². The Kier molecular flexibility index (Phi) is 9.99. The first-order valence-corrected chi connectivity index (χ1v) is 15.6. The lowest BCUT2D eigenvalue weighted by atomic mass is 9.99. The summed E-state index contributed by atoms with van der Waals surface area (Å²) in [6.45, 7) is 8.97. The number of amides is 2. The molecule has 0 spiro atoms. The first kappa shape index (κ1) is 31.3. The van der Waals surface area contributed by atoms with E-state index in [0.717, 1.165) is 49.3 Å². The van der Waals surface area contributed by atoms with Gasteiger partial charge in [-0.3, -0.25) is 9.59 Å². The van der Waals surface area contributed by atoms with Crippen molar-refractivity contribution in [3.8, 4) is 17.0 Å². The highest BCUT2D eigenvalue weighted by atomic mass is 19.1. The number of anilines is 2. The average Bonchev–Trinajstić information content (AvgIpc) is 2.99. The standard InChI is InChI=1S/C34H43FN6O3/c1-5-26-23-40(34(43)28-12-11-25(35)22-31(28)39-16-8-17-39)19-20-41(26)30-13-10-24(27-9-7-14-37-33(27)44-6-2)21-29(30)32(42)36-15-18-38(3)4/h7,9-14,21-22,26H,5-6,8,15-20,23H2,1-4H3,(H,36,42)/t26-/m1/s1. The molecule has 2 aliphatic heterocycles. The number of carbonyl (C=O) groups is 2. The number of likely N-dealkylation sites (N-methyl/N-ethyl adjacent to an activating group) is 1. The number of benzene rings is 2. The lowest BCUT2D eigenvalue weighted by Gasteiger charge is -2.43. The van der Waals surface area contributed by atoms with Crippen molar-refractivity contribution in [1.82, 2.24) is 20.1 Å². The summed E-state index contributed by atoms with van der Waals surface area (Å²) in [4.78, 5) is 40.1. The van der Waals surface area contributed by atoms with E-state index in [9.17, 15) is 14.0 Å². The minimum absolute atomic E-state index is 0.00263. The Morgan fingerprint density at radius 2 is 1.84 bits per heavy atom. The van der Waals surface area contributed by atoms with Crippen LogP contribution in [-0.2, 0) is 0 Å². The van der Waals surface area contributed by atoms with Gasteiger partial charge in [0.2, 0.25) is 5.88 Å². The number of pyridine rings is 1. The van der Waals surface area contributed by atoms with Gasteiger partial charge >= 0.3 is 0 Å². The number of nitrogens with zero attached hydrogens (tertiary/aromatic N) is 5. The predicted octanol–water partition coefficient (Wildman–Crippen LogP) is 4.53. The van der Waals surface area contributed by atoms with Crippen molar-refractivity contribution in [3.63, 3.8) is 0 Å². The fourth-order valence-corrected chi connectivity index (χ4v) is 5.87. The first-order valence-electron chi connectivity index (χ1n) is 15.6. The minimum Gasteiger partial charge on any atom is -0.478 e. The van der Waals surface area contributed by atoms with Crippen LogP contribution >= 0.6 is 0 Å². The summed E-state index contributed by atoms with van der Waals surface area (Å²) in [6, 6.07) is 14.2. The van der Waals surface area contributed by atoms with E-state index >= 15 is 0 Å². The summed E-state index contributed by atoms with van der Waals surface area (Å²) in [5, 5.41) is 3.09. The zero-order valence-corrected chi connectivity index (χ0v) is 26.2. The van der Waals surface area contributed by atoms with E-state index in [1.165, 1.54) is 12.1 Å². The molecule has 0 aliphatic carbocycles. The van der Waals surface area contributed by atoms with Crippen molar-refractivity contribution in [2.24, 2.45) is 0 Å². The van der Waals surface area contributed by atoms with Crippen LogP contribution in [0.5, 0.6) is 5.88 Å². The van der Waals surface area contributed by atoms with Gasteiger partial charge in [-0.25, -0.2) is 9.37 Å². The third kappa shape index (κ3) is 6.80. The van der Waals surface area contributed by atoms with Gasteiger partial charge in [0.1, 0.15) is 5.82 Å². The fourth-order valence-electron chi connectivity index (χ4n) is 5.87. The maximum absolute atomic E-state index is 14.1. The topological polar surface area (TPSA) is 81.2 Å². The number of carbonyl (C=O) groups excluding carboxylic acids is 2. The number of hydrogen-bond donors (Lipinski definition) is 1. The SMILES string of the molecule is CCOc1ncccc1-c1ccc(N2CCN(C(=O)c3ccc(F)cc3N3CCC3)C[C@H]2CC)c(C(=O)NCCN(C)C)c1. The van der Waals surface area contributed by atoms with E-state index in [0.29, 0.717) is 55.5 Å². The number of ether oxygens (including phenoxy) is 1. The normalized spacial score (nSPS) is 16.6. The third-order valence-electron chi connectivity index (χ3n) is 8.39. The van der Waals surface area contributed by atoms with Crippen LogP contribution in [-0.4, -0.2) is 99.2 Å². The molecule has 3 heterocycles. The lowest BCUT2D eigenvalue weighted by Crippen LogP contribution is -2.55. The van der Waals surface area contributed by atoms with E-state index < -0.39 is 0 Å². The van der Waals surface area contributed by atoms with Gasteiger partial charge < -0.3 is 29.7 Å². The largest absolute Gasteiger partial charge is 0.478 e. The van der Waals surface area contributed by atoms with Crippen molar-refractivity contribution >= 4 is 23.2 Å². The van der Waals surface area contributed by atoms with E-state index in [1.54, 1.807) is 12.3 Å². The highest BCUT2D eigenvalue weighted by Crippen LogP contribution is 2.35. The molecule has 1 aromatic heterocycles. The smallest absolute Gasteiger partial charge is 0.256 e. The summed E-state index contributed by atoms with van der Waals surface area (Å²) in [5.41, 5.74) is 4.29. The number of hydrogen-bond acceptors (Lipinski definition) is 7. The number of rotatable bonds is 11. The second-order valence-electron chi connectivity index (χ2n) is 11.6. The second kappa shape index (κ2) is 14.1. The van der Waals surface area contributed by atoms with E-state index in [-0.39, 0.29) is 23.7 Å². The minimum atomic E-state index is -0.334. The van der Waals surface area contributed by atoms with Crippen LogP contribution in [0.1, 0.15) is 47.4 Å². The Morgan fingerprint density at radius 3 is 2.55 bits per heavy atom. The molecule has 10 heteroatoms. The monoisotopic (exact) mass is 602 g/mol. The molecule has 0 radical (unpaired) electrons. The molecule has 0 bridgehead atoms. The summed E-state index contributed by atoms with van der Waals surface area (Å²) in [5.74, 6) is -0.0377. The summed E-state index contributed by atoms with van der Waals surface area (Å²) in [7, 11) is 3.95. The molecule has 2 saturated heterocycles. The molecule has 234 valence electrons. The second-order valence-corrected chi connectivity index (χ2v) is 11.6. The summed E-state index contributed by atoms with van der Waals surface area (Å²) in [6.07, 6.45) is 3.52. The molecular formula is C34H43FN6O3. The highest BCUT2D eigenvalue weighted by Gasteiger charge is 2.33. The Bertz CT molecular complexity index is 1480. The van der Waals surface area contributed by atoms with Gasteiger partial charge in [-0.15, -0.1) is 0 Å². The molecule has 1 atom stereocenters. The molecular weight excluding hydrogens is 559 g/mol. The van der Waals surface area contributed by atoms with Crippen molar-refractivity contribution in [2.75, 3.05) is 76.3 Å². The maximum Gasteiger partial charge on any atom is 0.256 e. The third-order valence-corrected chi connectivity index (χ3v) is 8.39. The maximum atomic E-state index is 14.1. The first-order chi connectivity index (χ1) is 21.3. The van der Waals surface area contributed by atoms with E-state index in [1.807, 2.05) is 61.2 Å². The molecule has 3 aromatic rings. The van der Waals surface area contributed by atoms with Crippen LogP contribution in [0.3, 0.4) is 0 Å². The predicted molar refractivity (Wildman–Crippen MR) is 172 cm³/mol. The van der Waals surface area contributed by atoms with Crippen LogP contribution in [0.15, 0.2) is 54.7 Å². The highest BCUT2D eigenvalue weighted by molar-refractivity contribution is 6.02. The molecule has 2 fully saturated rings. The van der Waals surface area contributed by atoms with Crippen LogP contribution in [0.4, 0.5) is 15.8 Å². The summed E-state index contributed by atoms with van der Waals surface area (Å²) < 4.78 is 19.9. The molecule has 1 N–H and O–H groups in total. The molecule has 0 unspecified atom stereocenters. The average molecular weight is 603 g/mol. The van der Waals surface area contributed by atoms with Crippen LogP contribution < -0.4 is 19.9 Å². The Labute approximate surface area is 259 Å². The number of aromatic nitrogens is 1. The van der Waals surface area contributed by atoms with Crippen LogP contribution in [0.2, 0.25) is 0 Å².